The van der Waals surface area contributed by atoms with Gasteiger partial charge in [0.25, 0.3) is 0 Å². The zero-order valence-corrected chi connectivity index (χ0v) is 16.8. The number of phosphoric ester groups is 1. The van der Waals surface area contributed by atoms with Gasteiger partial charge >= 0.3 is 13.4 Å². The third-order valence-electron chi connectivity index (χ3n) is 4.25. The normalized spacial score (nSPS) is 26.5. The van der Waals surface area contributed by atoms with Gasteiger partial charge in [0, 0.05) is 17.5 Å². The van der Waals surface area contributed by atoms with Crippen LogP contribution >= 0.6 is 7.82 Å². The lowest BCUT2D eigenvalue weighted by Gasteiger charge is -2.40. The zero-order chi connectivity index (χ0) is 20.6. The van der Waals surface area contributed by atoms with Gasteiger partial charge in [0.1, 0.15) is 35.7 Å². The molecule has 5 atom stereocenters. The topological polar surface area (TPSA) is 246 Å². The molecule has 0 unspecified atom stereocenters. The summed E-state index contributed by atoms with van der Waals surface area (Å²) in [5.74, 6) is 0.128. The highest BCUT2D eigenvalue weighted by Crippen LogP contribution is 2.37. The lowest BCUT2D eigenvalue weighted by molar-refractivity contribution is -0.276. The summed E-state index contributed by atoms with van der Waals surface area (Å²) in [5.41, 5.74) is 0.374. The molecule has 1 fully saturated rings. The van der Waals surface area contributed by atoms with Crippen molar-refractivity contribution in [2.24, 2.45) is 0 Å². The summed E-state index contributed by atoms with van der Waals surface area (Å²) >= 11 is 0. The van der Waals surface area contributed by atoms with Crippen molar-refractivity contribution < 1.29 is 48.1 Å². The number of hydrogen-bond donors (Lipinski definition) is 7. The first-order valence-corrected chi connectivity index (χ1v) is 9.69. The number of rotatable bonds is 5. The van der Waals surface area contributed by atoms with Crippen molar-refractivity contribution in [2.45, 2.75) is 37.6 Å². The molecule has 0 saturated carbocycles. The largest absolute Gasteiger partial charge is 0.469 e. The van der Waals surface area contributed by atoms with Gasteiger partial charge in [-0.2, -0.15) is 0 Å². The molecule has 0 spiro atoms. The van der Waals surface area contributed by atoms with E-state index in [1.165, 1.54) is 18.2 Å². The molecule has 1 aromatic heterocycles. The van der Waals surface area contributed by atoms with Crippen LogP contribution in [0.1, 0.15) is 5.56 Å². The number of aryl methyl sites for hydroxylation is 1. The standard InChI is InChI=1S/C16H19O11P.2H3N/c1-7-4-12(17)26-10-5-8(2-3-9(7)10)25-16-15(20)14(19)13(18)11(27-16)6-24-28(21,22)23;;/h2-5,11,13-16,18-20H,6H2,1H3,(H2,21,22,23);2*1H3/t11-,13+,14+,15-,16-;;/m1../s1. The number of phosphoric acid groups is 1. The van der Waals surface area contributed by atoms with E-state index in [9.17, 15) is 24.7 Å². The third kappa shape index (κ3) is 5.83. The molecule has 1 aliphatic rings. The predicted molar refractivity (Wildman–Crippen MR) is 103 cm³/mol. The van der Waals surface area contributed by atoms with Gasteiger partial charge in [-0.05, 0) is 24.6 Å². The Labute approximate surface area is 170 Å². The molecule has 1 aromatic carbocycles. The number of hydrogen-bond acceptors (Lipinski definition) is 11. The Balaban J connectivity index is 0.00000225. The molecule has 14 heteroatoms. The van der Waals surface area contributed by atoms with Crippen LogP contribution in [0.2, 0.25) is 0 Å². The van der Waals surface area contributed by atoms with E-state index >= 15 is 0 Å². The van der Waals surface area contributed by atoms with Gasteiger partial charge in [-0.3, -0.25) is 4.52 Å². The third-order valence-corrected chi connectivity index (χ3v) is 4.74. The van der Waals surface area contributed by atoms with Crippen molar-refractivity contribution in [3.8, 4) is 5.75 Å². The Morgan fingerprint density at radius 3 is 2.37 bits per heavy atom. The maximum atomic E-state index is 11.5. The summed E-state index contributed by atoms with van der Waals surface area (Å²) in [7, 11) is -4.84. The minimum Gasteiger partial charge on any atom is -0.462 e. The van der Waals surface area contributed by atoms with E-state index in [1.54, 1.807) is 13.0 Å². The molecular formula is C16H25N2O11P. The van der Waals surface area contributed by atoms with Crippen LogP contribution < -0.4 is 22.7 Å². The maximum Gasteiger partial charge on any atom is 0.469 e. The first-order valence-electron chi connectivity index (χ1n) is 8.16. The fourth-order valence-electron chi connectivity index (χ4n) is 2.83. The highest BCUT2D eigenvalue weighted by molar-refractivity contribution is 7.46. The molecule has 0 bridgehead atoms. The Morgan fingerprint density at radius 1 is 1.07 bits per heavy atom. The molecule has 0 amide bonds. The number of ether oxygens (including phenoxy) is 2. The lowest BCUT2D eigenvalue weighted by Crippen LogP contribution is -2.60. The first-order chi connectivity index (χ1) is 13.0. The number of aliphatic hydroxyl groups excluding tert-OH is 3. The van der Waals surface area contributed by atoms with Crippen LogP contribution in [0, 0.1) is 6.92 Å². The van der Waals surface area contributed by atoms with Crippen LogP contribution in [0.15, 0.2) is 33.5 Å². The van der Waals surface area contributed by atoms with Gasteiger partial charge < -0.3 is 51.3 Å². The van der Waals surface area contributed by atoms with Crippen LogP contribution in [0.5, 0.6) is 5.75 Å². The van der Waals surface area contributed by atoms with Crippen molar-refractivity contribution in [1.82, 2.24) is 12.3 Å². The van der Waals surface area contributed by atoms with Gasteiger partial charge in [-0.15, -0.1) is 0 Å². The van der Waals surface area contributed by atoms with Crippen LogP contribution in [-0.4, -0.2) is 62.4 Å². The van der Waals surface area contributed by atoms with E-state index in [2.05, 4.69) is 4.52 Å². The monoisotopic (exact) mass is 452 g/mol. The van der Waals surface area contributed by atoms with E-state index in [0.29, 0.717) is 10.9 Å². The van der Waals surface area contributed by atoms with Crippen LogP contribution in [0.3, 0.4) is 0 Å². The van der Waals surface area contributed by atoms with Gasteiger partial charge in [0.05, 0.1) is 6.61 Å². The zero-order valence-electron chi connectivity index (χ0n) is 16.0. The van der Waals surface area contributed by atoms with Crippen molar-refractivity contribution >= 4 is 18.8 Å². The predicted octanol–water partition coefficient (Wildman–Crippen LogP) is -0.279. The Bertz CT molecular complexity index is 962. The summed E-state index contributed by atoms with van der Waals surface area (Å²) < 4.78 is 31.0. The molecular weight excluding hydrogens is 427 g/mol. The van der Waals surface area contributed by atoms with Gasteiger partial charge in [0.2, 0.25) is 6.29 Å². The SMILES string of the molecule is Cc1cc(=O)oc2cc(O[C@@H]3O[C@H](COP(=O)(O)O)[C@H](O)[C@H](O)[C@H]3O)ccc12.N.N. The summed E-state index contributed by atoms with van der Waals surface area (Å²) in [6.45, 7) is 0.984. The summed E-state index contributed by atoms with van der Waals surface area (Å²) in [4.78, 5) is 29.1. The van der Waals surface area contributed by atoms with Crippen LogP contribution in [0.25, 0.3) is 11.0 Å². The number of fused-ring (bicyclic) bond motifs is 1. The van der Waals surface area contributed by atoms with Crippen LogP contribution in [-0.2, 0) is 13.8 Å². The average Bonchev–Trinajstić information content (AvgIpc) is 2.60. The number of benzene rings is 1. The van der Waals surface area contributed by atoms with Gasteiger partial charge in [-0.25, -0.2) is 9.36 Å². The molecule has 0 radical (unpaired) electrons. The fraction of sp³-hybridized carbons (Fsp3) is 0.438. The average molecular weight is 452 g/mol. The van der Waals surface area contributed by atoms with Crippen LogP contribution in [0.4, 0.5) is 0 Å². The molecule has 2 aromatic rings. The van der Waals surface area contributed by atoms with Crippen molar-refractivity contribution in [3.63, 3.8) is 0 Å². The fourth-order valence-corrected chi connectivity index (χ4v) is 3.18. The quantitative estimate of drug-likeness (QED) is 0.228. The number of aliphatic hydroxyl groups is 3. The Hall–Kier alpha value is -1.90. The van der Waals surface area contributed by atoms with Crippen molar-refractivity contribution in [1.29, 1.82) is 0 Å². The lowest BCUT2D eigenvalue weighted by atomic mass is 9.99. The minimum absolute atomic E-state index is 0. The molecule has 1 saturated heterocycles. The molecule has 13 nitrogen and oxygen atoms in total. The van der Waals surface area contributed by atoms with Crippen molar-refractivity contribution in [2.75, 3.05) is 6.61 Å². The van der Waals surface area contributed by atoms with Gasteiger partial charge in [0.15, 0.2) is 0 Å². The molecule has 2 heterocycles. The molecule has 30 heavy (non-hydrogen) atoms. The highest BCUT2D eigenvalue weighted by Gasteiger charge is 2.45. The summed E-state index contributed by atoms with van der Waals surface area (Å²) in [6.07, 6.45) is -7.92. The summed E-state index contributed by atoms with van der Waals surface area (Å²) in [6, 6.07) is 5.86. The molecule has 1 aliphatic heterocycles. The van der Waals surface area contributed by atoms with E-state index in [0.717, 1.165) is 0 Å². The Morgan fingerprint density at radius 2 is 1.73 bits per heavy atom. The molecule has 11 N–H and O–H groups in total. The highest BCUT2D eigenvalue weighted by atomic mass is 31.2. The smallest absolute Gasteiger partial charge is 0.462 e. The Kier molecular flexibility index (Phi) is 8.66. The second kappa shape index (κ2) is 9.94. The van der Waals surface area contributed by atoms with E-state index in [1.807, 2.05) is 0 Å². The van der Waals surface area contributed by atoms with Gasteiger partial charge in [-0.1, -0.05) is 0 Å². The van der Waals surface area contributed by atoms with E-state index < -0.39 is 50.8 Å². The summed E-state index contributed by atoms with van der Waals surface area (Å²) in [5, 5.41) is 30.6. The van der Waals surface area contributed by atoms with E-state index in [4.69, 9.17) is 23.7 Å². The van der Waals surface area contributed by atoms with E-state index in [-0.39, 0.29) is 23.6 Å². The molecule has 0 aliphatic carbocycles. The molecule has 3 rings (SSSR count). The molecule has 170 valence electrons. The van der Waals surface area contributed by atoms with Crippen molar-refractivity contribution in [3.05, 3.63) is 40.2 Å². The second-order valence-corrected chi connectivity index (χ2v) is 7.56. The first kappa shape index (κ1) is 26.1. The second-order valence-electron chi connectivity index (χ2n) is 6.33. The minimum atomic E-state index is -4.84. The maximum absolute atomic E-state index is 11.5.